The predicted molar refractivity (Wildman–Crippen MR) is 139 cm³/mol. The molecule has 4 N–H and O–H groups in total. The molecule has 0 saturated heterocycles. The molecule has 0 bridgehead atoms. The Hall–Kier alpha value is -3.10. The van der Waals surface area contributed by atoms with Crippen LogP contribution in [0.5, 0.6) is 5.75 Å². The number of fused-ring (bicyclic) bond motifs is 1. The Labute approximate surface area is 218 Å². The molecule has 37 heavy (non-hydrogen) atoms. The van der Waals surface area contributed by atoms with E-state index >= 15 is 0 Å². The molecule has 4 rings (SSSR count). The number of nitrogens with one attached hydrogen (secondary N) is 4. The number of ether oxygens (including phenoxy) is 1. The molecule has 1 spiro atoms. The van der Waals surface area contributed by atoms with Crippen molar-refractivity contribution >= 4 is 23.6 Å². The summed E-state index contributed by atoms with van der Waals surface area (Å²) < 4.78 is 6.07. The lowest BCUT2D eigenvalue weighted by molar-refractivity contribution is -0.136. The minimum absolute atomic E-state index is 0.0164. The van der Waals surface area contributed by atoms with Gasteiger partial charge in [0.1, 0.15) is 23.9 Å². The van der Waals surface area contributed by atoms with E-state index in [0.29, 0.717) is 36.6 Å². The lowest BCUT2D eigenvalue weighted by atomic mass is 9.80. The smallest absolute Gasteiger partial charge is 0.255 e. The predicted octanol–water partition coefficient (Wildman–Crippen LogP) is 2.44. The van der Waals surface area contributed by atoms with Crippen LogP contribution in [0.3, 0.4) is 0 Å². The first-order valence-electron chi connectivity index (χ1n) is 13.7. The number of carbonyl (C=O) groups is 4. The van der Waals surface area contributed by atoms with Crippen LogP contribution in [-0.4, -0.2) is 54.4 Å². The van der Waals surface area contributed by atoms with E-state index in [0.717, 1.165) is 32.1 Å². The molecular weight excluding hydrogens is 472 g/mol. The fraction of sp³-hybridized carbons (Fsp3) is 0.643. The minimum Gasteiger partial charge on any atom is -0.491 e. The van der Waals surface area contributed by atoms with Crippen molar-refractivity contribution in [2.75, 3.05) is 13.2 Å². The molecule has 2 fully saturated rings. The zero-order valence-corrected chi connectivity index (χ0v) is 21.9. The Balaban J connectivity index is 1.62. The van der Waals surface area contributed by atoms with Gasteiger partial charge in [-0.15, -0.1) is 0 Å². The molecule has 0 radical (unpaired) electrons. The molecule has 1 aliphatic heterocycles. The van der Waals surface area contributed by atoms with Crippen LogP contribution in [0.4, 0.5) is 0 Å². The average Bonchev–Trinajstić information content (AvgIpc) is 3.72. The Bertz CT molecular complexity index is 1000. The first-order valence-corrected chi connectivity index (χ1v) is 13.7. The molecule has 1 heterocycles. The van der Waals surface area contributed by atoms with Crippen molar-refractivity contribution in [2.45, 2.75) is 89.3 Å². The third kappa shape index (κ3) is 7.02. The highest BCUT2D eigenvalue weighted by molar-refractivity contribution is 6.00. The third-order valence-electron chi connectivity index (χ3n) is 7.74. The summed E-state index contributed by atoms with van der Waals surface area (Å²) in [6.07, 6.45) is 6.19. The topological polar surface area (TPSA) is 126 Å². The van der Waals surface area contributed by atoms with Crippen LogP contribution < -0.4 is 26.0 Å². The summed E-state index contributed by atoms with van der Waals surface area (Å²) in [5, 5.41) is 11.9. The summed E-state index contributed by atoms with van der Waals surface area (Å²) in [5.74, 6) is -0.298. The van der Waals surface area contributed by atoms with E-state index in [1.165, 1.54) is 0 Å². The number of hydrogen-bond acceptors (Lipinski definition) is 5. The standard InChI is InChI=1S/C28H40N4O5/c1-18(2)22-17-37-23-9-5-4-8-20(23)25(34)30-21(26(35)29-16-19-10-11-19)12-13-24(33)32-28(27(36)31-22)14-6-3-7-15-28/h4-5,8-9,18-19,21-22H,3,6-7,10-17H2,1-2H3,(H,29,35)(H,30,34)(H,31,36)(H,32,33)/t21-,22-/m0/s1. The van der Waals surface area contributed by atoms with E-state index in [1.807, 2.05) is 13.8 Å². The normalized spacial score (nSPS) is 25.0. The van der Waals surface area contributed by atoms with Crippen molar-refractivity contribution in [1.29, 1.82) is 0 Å². The van der Waals surface area contributed by atoms with Gasteiger partial charge in [-0.2, -0.15) is 0 Å². The van der Waals surface area contributed by atoms with Crippen LogP contribution in [-0.2, 0) is 14.4 Å². The van der Waals surface area contributed by atoms with Crippen molar-refractivity contribution in [3.05, 3.63) is 29.8 Å². The molecule has 3 aliphatic rings. The van der Waals surface area contributed by atoms with Crippen molar-refractivity contribution in [1.82, 2.24) is 21.3 Å². The van der Waals surface area contributed by atoms with Gasteiger partial charge in [-0.3, -0.25) is 19.2 Å². The summed E-state index contributed by atoms with van der Waals surface area (Å²) in [4.78, 5) is 53.0. The fourth-order valence-corrected chi connectivity index (χ4v) is 5.03. The molecular formula is C28H40N4O5. The van der Waals surface area contributed by atoms with E-state index < -0.39 is 17.5 Å². The summed E-state index contributed by atoms with van der Waals surface area (Å²) in [6.45, 7) is 4.73. The molecule has 2 aliphatic carbocycles. The van der Waals surface area contributed by atoms with Gasteiger partial charge in [0.25, 0.3) is 5.91 Å². The van der Waals surface area contributed by atoms with Gasteiger partial charge >= 0.3 is 0 Å². The molecule has 9 heteroatoms. The van der Waals surface area contributed by atoms with Crippen LogP contribution in [0.15, 0.2) is 24.3 Å². The monoisotopic (exact) mass is 512 g/mol. The number of rotatable bonds is 4. The number of benzene rings is 1. The maximum atomic E-state index is 13.6. The van der Waals surface area contributed by atoms with E-state index in [4.69, 9.17) is 4.74 Å². The molecule has 202 valence electrons. The van der Waals surface area contributed by atoms with Gasteiger partial charge in [-0.05, 0) is 56.1 Å². The first kappa shape index (κ1) is 26.9. The third-order valence-corrected chi connectivity index (χ3v) is 7.74. The highest BCUT2D eigenvalue weighted by atomic mass is 16.5. The fourth-order valence-electron chi connectivity index (χ4n) is 5.03. The van der Waals surface area contributed by atoms with Crippen LogP contribution in [0.2, 0.25) is 0 Å². The molecule has 1 aromatic carbocycles. The van der Waals surface area contributed by atoms with Gasteiger partial charge in [0.15, 0.2) is 0 Å². The number of amides is 4. The maximum absolute atomic E-state index is 13.6. The summed E-state index contributed by atoms with van der Waals surface area (Å²) in [5.41, 5.74) is -0.674. The van der Waals surface area contributed by atoms with Crippen molar-refractivity contribution < 1.29 is 23.9 Å². The Morgan fingerprint density at radius 1 is 1.05 bits per heavy atom. The van der Waals surface area contributed by atoms with Gasteiger partial charge in [0.05, 0.1) is 11.6 Å². The zero-order chi connectivity index (χ0) is 26.4. The Morgan fingerprint density at radius 2 is 1.78 bits per heavy atom. The van der Waals surface area contributed by atoms with Crippen molar-refractivity contribution in [2.24, 2.45) is 11.8 Å². The summed E-state index contributed by atoms with van der Waals surface area (Å²) in [7, 11) is 0. The first-order chi connectivity index (χ1) is 17.8. The zero-order valence-electron chi connectivity index (χ0n) is 21.9. The van der Waals surface area contributed by atoms with E-state index in [-0.39, 0.29) is 49.1 Å². The van der Waals surface area contributed by atoms with Crippen molar-refractivity contribution in [3.8, 4) is 5.75 Å². The Kier molecular flexibility index (Phi) is 8.71. The van der Waals surface area contributed by atoms with Crippen molar-refractivity contribution in [3.63, 3.8) is 0 Å². The van der Waals surface area contributed by atoms with Gasteiger partial charge in [-0.1, -0.05) is 45.2 Å². The molecule has 4 amide bonds. The second kappa shape index (κ2) is 12.0. The number of hydrogen-bond donors (Lipinski definition) is 4. The van der Waals surface area contributed by atoms with E-state index in [2.05, 4.69) is 21.3 Å². The highest BCUT2D eigenvalue weighted by Crippen LogP contribution is 2.30. The van der Waals surface area contributed by atoms with Gasteiger partial charge in [0, 0.05) is 13.0 Å². The summed E-state index contributed by atoms with van der Waals surface area (Å²) >= 11 is 0. The summed E-state index contributed by atoms with van der Waals surface area (Å²) in [6, 6.07) is 5.68. The second-order valence-electron chi connectivity index (χ2n) is 11.1. The quantitative estimate of drug-likeness (QED) is 0.493. The SMILES string of the molecule is CC(C)[C@@H]1COc2ccccc2C(=O)N[C@H](C(=O)NCC2CC2)CCC(=O)NC2(CCCCC2)C(=O)N1. The van der Waals surface area contributed by atoms with Gasteiger partial charge in [-0.25, -0.2) is 0 Å². The van der Waals surface area contributed by atoms with Gasteiger partial charge in [0.2, 0.25) is 17.7 Å². The molecule has 9 nitrogen and oxygen atoms in total. The molecule has 2 saturated carbocycles. The highest BCUT2D eigenvalue weighted by Gasteiger charge is 2.42. The van der Waals surface area contributed by atoms with Crippen LogP contribution >= 0.6 is 0 Å². The molecule has 1 aromatic rings. The number of carbonyl (C=O) groups excluding carboxylic acids is 4. The van der Waals surface area contributed by atoms with Crippen LogP contribution in [0, 0.1) is 11.8 Å². The Morgan fingerprint density at radius 3 is 2.49 bits per heavy atom. The molecule has 2 atom stereocenters. The lowest BCUT2D eigenvalue weighted by Crippen LogP contribution is -2.62. The van der Waals surface area contributed by atoms with Crippen LogP contribution in [0.1, 0.15) is 82.0 Å². The largest absolute Gasteiger partial charge is 0.491 e. The van der Waals surface area contributed by atoms with E-state index in [9.17, 15) is 19.2 Å². The maximum Gasteiger partial charge on any atom is 0.255 e. The minimum atomic E-state index is -0.979. The van der Waals surface area contributed by atoms with E-state index in [1.54, 1.807) is 24.3 Å². The second-order valence-corrected chi connectivity index (χ2v) is 11.1. The lowest BCUT2D eigenvalue weighted by Gasteiger charge is -2.38. The molecule has 0 aromatic heterocycles. The van der Waals surface area contributed by atoms with Gasteiger partial charge < -0.3 is 26.0 Å². The number of para-hydroxylation sites is 1. The molecule has 0 unspecified atom stereocenters. The average molecular weight is 513 g/mol. The van der Waals surface area contributed by atoms with Crippen LogP contribution in [0.25, 0.3) is 0 Å².